The van der Waals surface area contributed by atoms with Crippen LogP contribution < -0.4 is 5.32 Å². The molecule has 0 spiro atoms. The van der Waals surface area contributed by atoms with E-state index in [0.29, 0.717) is 5.57 Å². The molecule has 1 amide bonds. The monoisotopic (exact) mass is 449 g/mol. The van der Waals surface area contributed by atoms with Gasteiger partial charge in [-0.1, -0.05) is 12.2 Å². The first-order valence-corrected chi connectivity index (χ1v) is 10.7. The molecule has 0 aromatic carbocycles. The van der Waals surface area contributed by atoms with E-state index in [0.717, 1.165) is 27.7 Å². The summed E-state index contributed by atoms with van der Waals surface area (Å²) in [5.74, 6) is -3.38. The van der Waals surface area contributed by atoms with E-state index in [9.17, 15) is 27.6 Å². The SMILES string of the molecule is C=C(C)CS(=O)(=O)C1OC(COC(C)=O)C(OC(C)=O)C(OC(C)=O)C1NC(C)=O. The van der Waals surface area contributed by atoms with Gasteiger partial charge in [-0.05, 0) is 6.92 Å². The summed E-state index contributed by atoms with van der Waals surface area (Å²) < 4.78 is 46.9. The molecule has 0 radical (unpaired) electrons. The lowest BCUT2D eigenvalue weighted by atomic mass is 9.97. The van der Waals surface area contributed by atoms with Crippen molar-refractivity contribution in [1.82, 2.24) is 5.32 Å². The van der Waals surface area contributed by atoms with Gasteiger partial charge in [0.2, 0.25) is 5.91 Å². The number of hydrogen-bond donors (Lipinski definition) is 1. The lowest BCUT2D eigenvalue weighted by Gasteiger charge is -2.44. The molecule has 0 bridgehead atoms. The van der Waals surface area contributed by atoms with Crippen molar-refractivity contribution in [3.05, 3.63) is 12.2 Å². The third-order valence-electron chi connectivity index (χ3n) is 3.87. The Labute approximate surface area is 175 Å². The van der Waals surface area contributed by atoms with Crippen LogP contribution in [0.4, 0.5) is 0 Å². The largest absolute Gasteiger partial charge is 0.463 e. The number of carbonyl (C=O) groups is 4. The molecule has 0 aliphatic carbocycles. The molecule has 1 saturated heterocycles. The second-order valence-electron chi connectivity index (χ2n) is 6.98. The van der Waals surface area contributed by atoms with Crippen LogP contribution in [0.2, 0.25) is 0 Å². The third kappa shape index (κ3) is 7.41. The van der Waals surface area contributed by atoms with Crippen molar-refractivity contribution >= 4 is 33.7 Å². The fraction of sp³-hybridized carbons (Fsp3) is 0.667. The molecule has 0 aromatic heterocycles. The predicted molar refractivity (Wildman–Crippen MR) is 103 cm³/mol. The van der Waals surface area contributed by atoms with Crippen LogP contribution >= 0.6 is 0 Å². The first-order chi connectivity index (χ1) is 13.7. The van der Waals surface area contributed by atoms with Crippen LogP contribution in [-0.2, 0) is 48.0 Å². The van der Waals surface area contributed by atoms with Crippen LogP contribution in [0.1, 0.15) is 34.6 Å². The molecule has 1 heterocycles. The van der Waals surface area contributed by atoms with E-state index in [-0.39, 0.29) is 0 Å². The highest BCUT2D eigenvalue weighted by atomic mass is 32.2. The van der Waals surface area contributed by atoms with Crippen LogP contribution in [0.3, 0.4) is 0 Å². The minimum atomic E-state index is -4.08. The maximum Gasteiger partial charge on any atom is 0.303 e. The van der Waals surface area contributed by atoms with Crippen LogP contribution in [0, 0.1) is 0 Å². The molecule has 11 nitrogen and oxygen atoms in total. The summed E-state index contributed by atoms with van der Waals surface area (Å²) in [6.07, 6.45) is -4.05. The van der Waals surface area contributed by atoms with Crippen molar-refractivity contribution in [2.75, 3.05) is 12.4 Å². The average Bonchev–Trinajstić information content (AvgIpc) is 2.54. The Morgan fingerprint density at radius 3 is 1.90 bits per heavy atom. The molecule has 170 valence electrons. The zero-order valence-electron chi connectivity index (χ0n) is 17.5. The molecule has 1 aliphatic rings. The Hall–Kier alpha value is -2.47. The fourth-order valence-electron chi connectivity index (χ4n) is 3.02. The molecule has 1 N–H and O–H groups in total. The fourth-order valence-corrected chi connectivity index (χ4v) is 4.86. The van der Waals surface area contributed by atoms with Gasteiger partial charge in [-0.15, -0.1) is 0 Å². The Morgan fingerprint density at radius 2 is 1.47 bits per heavy atom. The summed E-state index contributed by atoms with van der Waals surface area (Å²) in [5, 5.41) is 2.41. The standard InChI is InChI=1S/C18H27NO10S/c1-9(2)8-30(24,25)18-15(19-10(3)20)17(28-13(6)23)16(27-12(5)22)14(29-18)7-26-11(4)21/h14-18H,1,7-8H2,2-6H3,(H,19,20). The summed E-state index contributed by atoms with van der Waals surface area (Å²) in [6.45, 7) is 9.02. The summed E-state index contributed by atoms with van der Waals surface area (Å²) >= 11 is 0. The van der Waals surface area contributed by atoms with Gasteiger partial charge >= 0.3 is 17.9 Å². The average molecular weight is 449 g/mol. The van der Waals surface area contributed by atoms with Gasteiger partial charge in [-0.3, -0.25) is 19.2 Å². The van der Waals surface area contributed by atoms with Gasteiger partial charge in [-0.25, -0.2) is 8.42 Å². The molecule has 5 unspecified atom stereocenters. The summed E-state index contributed by atoms with van der Waals surface area (Å²) in [6, 6.07) is -1.39. The smallest absolute Gasteiger partial charge is 0.303 e. The Kier molecular flexibility index (Phi) is 8.97. The van der Waals surface area contributed by atoms with Crippen molar-refractivity contribution in [2.24, 2.45) is 0 Å². The second-order valence-corrected chi connectivity index (χ2v) is 9.06. The zero-order chi connectivity index (χ0) is 23.2. The first kappa shape index (κ1) is 25.6. The van der Waals surface area contributed by atoms with Crippen LogP contribution in [0.25, 0.3) is 0 Å². The molecular weight excluding hydrogens is 422 g/mol. The van der Waals surface area contributed by atoms with Crippen LogP contribution in [0.5, 0.6) is 0 Å². The normalized spacial score (nSPS) is 26.2. The predicted octanol–water partition coefficient (Wildman–Crippen LogP) is -0.367. The van der Waals surface area contributed by atoms with Gasteiger partial charge in [0.15, 0.2) is 27.5 Å². The van der Waals surface area contributed by atoms with Gasteiger partial charge in [0.05, 0.1) is 5.75 Å². The van der Waals surface area contributed by atoms with Gasteiger partial charge in [0.25, 0.3) is 0 Å². The van der Waals surface area contributed by atoms with Crippen LogP contribution in [-0.4, -0.2) is 74.4 Å². The van der Waals surface area contributed by atoms with E-state index in [1.807, 2.05) is 0 Å². The van der Waals surface area contributed by atoms with E-state index in [2.05, 4.69) is 11.9 Å². The number of sulfone groups is 1. The molecular formula is C18H27NO10S. The number of hydrogen-bond acceptors (Lipinski definition) is 10. The summed E-state index contributed by atoms with van der Waals surface area (Å²) in [7, 11) is -4.08. The highest BCUT2D eigenvalue weighted by Crippen LogP contribution is 2.30. The molecule has 30 heavy (non-hydrogen) atoms. The Balaban J connectivity index is 3.52. The van der Waals surface area contributed by atoms with E-state index < -0.39 is 75.8 Å². The van der Waals surface area contributed by atoms with E-state index >= 15 is 0 Å². The Bertz CT molecular complexity index is 806. The molecule has 5 atom stereocenters. The van der Waals surface area contributed by atoms with E-state index in [1.165, 1.54) is 6.92 Å². The summed E-state index contributed by atoms with van der Waals surface area (Å²) in [4.78, 5) is 46.4. The third-order valence-corrected chi connectivity index (χ3v) is 5.88. The molecule has 1 fully saturated rings. The Morgan fingerprint density at radius 1 is 0.933 bits per heavy atom. The number of carbonyl (C=O) groups excluding carboxylic acids is 4. The van der Waals surface area contributed by atoms with Gasteiger partial charge in [-0.2, -0.15) is 0 Å². The second kappa shape index (κ2) is 10.5. The lowest BCUT2D eigenvalue weighted by molar-refractivity contribution is -0.212. The summed E-state index contributed by atoms with van der Waals surface area (Å²) in [5.41, 5.74) is -1.38. The number of esters is 3. The number of nitrogens with one attached hydrogen (secondary N) is 1. The van der Waals surface area contributed by atoms with Crippen molar-refractivity contribution in [3.8, 4) is 0 Å². The minimum absolute atomic E-state index is 0.308. The van der Waals surface area contributed by atoms with Gasteiger partial charge < -0.3 is 24.3 Å². The molecule has 12 heteroatoms. The number of ether oxygens (including phenoxy) is 4. The number of rotatable bonds is 8. The molecule has 1 aliphatic heterocycles. The van der Waals surface area contributed by atoms with Gasteiger partial charge in [0.1, 0.15) is 18.8 Å². The topological polar surface area (TPSA) is 151 Å². The number of amides is 1. The van der Waals surface area contributed by atoms with Crippen molar-refractivity contribution in [2.45, 2.75) is 64.4 Å². The van der Waals surface area contributed by atoms with Crippen LogP contribution in [0.15, 0.2) is 12.2 Å². The first-order valence-electron chi connectivity index (χ1n) is 9.01. The minimum Gasteiger partial charge on any atom is -0.463 e. The molecule has 1 rings (SSSR count). The van der Waals surface area contributed by atoms with E-state index in [1.54, 1.807) is 0 Å². The van der Waals surface area contributed by atoms with Gasteiger partial charge in [0, 0.05) is 27.7 Å². The lowest BCUT2D eigenvalue weighted by Crippen LogP contribution is -2.67. The van der Waals surface area contributed by atoms with Crippen molar-refractivity contribution < 1.29 is 46.5 Å². The molecule has 0 aromatic rings. The zero-order valence-corrected chi connectivity index (χ0v) is 18.3. The maximum absolute atomic E-state index is 12.9. The molecule has 0 saturated carbocycles. The van der Waals surface area contributed by atoms with E-state index in [4.69, 9.17) is 18.9 Å². The highest BCUT2D eigenvalue weighted by molar-refractivity contribution is 7.92. The maximum atomic E-state index is 12.9. The quantitative estimate of drug-likeness (QED) is 0.295. The highest BCUT2D eigenvalue weighted by Gasteiger charge is 2.54. The van der Waals surface area contributed by atoms with Crippen molar-refractivity contribution in [1.29, 1.82) is 0 Å². The van der Waals surface area contributed by atoms with Crippen molar-refractivity contribution in [3.63, 3.8) is 0 Å².